The first-order valence-electron chi connectivity index (χ1n) is 7.43. The Bertz CT molecular complexity index is 572. The predicted octanol–water partition coefficient (Wildman–Crippen LogP) is 4.40. The van der Waals surface area contributed by atoms with Gasteiger partial charge in [-0.15, -0.1) is 0 Å². The van der Waals surface area contributed by atoms with Crippen molar-refractivity contribution in [1.82, 2.24) is 0 Å². The molecule has 3 nitrogen and oxygen atoms in total. The highest BCUT2D eigenvalue weighted by Crippen LogP contribution is 2.63. The van der Waals surface area contributed by atoms with Crippen LogP contribution in [0.25, 0.3) is 0 Å². The van der Waals surface area contributed by atoms with Crippen LogP contribution in [0.2, 0.25) is 18.1 Å². The monoisotopic (exact) mass is 303 g/mol. The van der Waals surface area contributed by atoms with Gasteiger partial charge in [0.25, 0.3) is 0 Å². The topological polar surface area (TPSA) is 38.7 Å². The Morgan fingerprint density at radius 3 is 2.29 bits per heavy atom. The molecule has 0 spiro atoms. The van der Waals surface area contributed by atoms with E-state index in [1.807, 2.05) is 25.1 Å². The normalized spacial score (nSPS) is 28.9. The molecule has 1 aliphatic rings. The minimum absolute atomic E-state index is 0.114. The number of hydrogen-bond acceptors (Lipinski definition) is 3. The van der Waals surface area contributed by atoms with Gasteiger partial charge in [-0.3, -0.25) is 0 Å². The van der Waals surface area contributed by atoms with Crippen LogP contribution in [0.1, 0.15) is 39.7 Å². The Morgan fingerprint density at radius 1 is 1.24 bits per heavy atom. The molecule has 2 rings (SSSR count). The summed E-state index contributed by atoms with van der Waals surface area (Å²) in [5.74, 6) is 0. The first-order chi connectivity index (χ1) is 9.58. The molecule has 1 aromatic rings. The summed E-state index contributed by atoms with van der Waals surface area (Å²) in [6, 6.07) is 10.1. The summed E-state index contributed by atoms with van der Waals surface area (Å²) in [4.78, 5) is 14.9. The lowest BCUT2D eigenvalue weighted by molar-refractivity contribution is 0.135. The Morgan fingerprint density at radius 2 is 1.81 bits per heavy atom. The van der Waals surface area contributed by atoms with Crippen molar-refractivity contribution in [2.75, 3.05) is 0 Å². The van der Waals surface area contributed by atoms with Gasteiger partial charge >= 0.3 is 0 Å². The average Bonchev–Trinajstić information content (AvgIpc) is 2.94. The lowest BCUT2D eigenvalue weighted by Gasteiger charge is -2.40. The zero-order chi connectivity index (χ0) is 15.9. The maximum atomic E-state index is 10.8. The van der Waals surface area contributed by atoms with Gasteiger partial charge in [0, 0.05) is 6.42 Å². The third-order valence-electron chi connectivity index (χ3n) is 5.11. The van der Waals surface area contributed by atoms with Crippen molar-refractivity contribution in [3.8, 4) is 0 Å². The molecule has 2 unspecified atom stereocenters. The Hall–Kier alpha value is -1.22. The van der Waals surface area contributed by atoms with Crippen LogP contribution in [-0.2, 0) is 14.8 Å². The number of rotatable bonds is 4. The molecule has 0 N–H and O–H groups in total. The highest BCUT2D eigenvalue weighted by atomic mass is 28.4. The van der Waals surface area contributed by atoms with Crippen molar-refractivity contribution in [3.05, 3.63) is 35.9 Å². The summed E-state index contributed by atoms with van der Waals surface area (Å²) in [5, 5.41) is 0.114. The van der Waals surface area contributed by atoms with Gasteiger partial charge in [0.2, 0.25) is 6.08 Å². The molecule has 1 saturated carbocycles. The van der Waals surface area contributed by atoms with E-state index in [1.165, 1.54) is 0 Å². The van der Waals surface area contributed by atoms with Crippen molar-refractivity contribution in [2.24, 2.45) is 4.99 Å². The molecular formula is C17H25NO2Si. The van der Waals surface area contributed by atoms with Gasteiger partial charge in [-0.05, 0) is 30.6 Å². The number of benzene rings is 1. The van der Waals surface area contributed by atoms with Crippen molar-refractivity contribution in [2.45, 2.75) is 63.4 Å². The standard InChI is InChI=1S/C17H25NO2Si/c1-15(2,3)21(5,6)20-17(12-16(17,4)18-13-19)14-10-8-7-9-11-14/h7-11H,12H2,1-6H3. The van der Waals surface area contributed by atoms with Gasteiger partial charge in [-0.1, -0.05) is 51.1 Å². The Labute approximate surface area is 128 Å². The minimum Gasteiger partial charge on any atom is -0.405 e. The van der Waals surface area contributed by atoms with Crippen LogP contribution < -0.4 is 0 Å². The summed E-state index contributed by atoms with van der Waals surface area (Å²) in [6.45, 7) is 13.1. The Balaban J connectivity index is 2.45. The zero-order valence-corrected chi connectivity index (χ0v) is 14.9. The Kier molecular flexibility index (Phi) is 3.77. The van der Waals surface area contributed by atoms with E-state index in [1.54, 1.807) is 6.08 Å². The molecule has 0 radical (unpaired) electrons. The molecular weight excluding hydrogens is 278 g/mol. The first-order valence-corrected chi connectivity index (χ1v) is 10.3. The van der Waals surface area contributed by atoms with E-state index in [0.717, 1.165) is 12.0 Å². The third-order valence-corrected chi connectivity index (χ3v) is 9.58. The maximum Gasteiger partial charge on any atom is 0.235 e. The van der Waals surface area contributed by atoms with E-state index >= 15 is 0 Å². The van der Waals surface area contributed by atoms with Gasteiger partial charge in [0.05, 0.1) is 0 Å². The molecule has 1 fully saturated rings. The highest BCUT2D eigenvalue weighted by Gasteiger charge is 2.69. The second kappa shape index (κ2) is 4.91. The highest BCUT2D eigenvalue weighted by molar-refractivity contribution is 6.74. The van der Waals surface area contributed by atoms with E-state index < -0.39 is 19.5 Å². The zero-order valence-electron chi connectivity index (χ0n) is 13.9. The van der Waals surface area contributed by atoms with Crippen LogP contribution in [0.15, 0.2) is 35.3 Å². The second-order valence-electron chi connectivity index (χ2n) is 7.71. The van der Waals surface area contributed by atoms with Crippen molar-refractivity contribution in [3.63, 3.8) is 0 Å². The molecule has 0 aromatic heterocycles. The molecule has 1 aromatic carbocycles. The fourth-order valence-electron chi connectivity index (χ4n) is 2.59. The van der Waals surface area contributed by atoms with E-state index in [-0.39, 0.29) is 5.04 Å². The van der Waals surface area contributed by atoms with Crippen LogP contribution >= 0.6 is 0 Å². The fourth-order valence-corrected chi connectivity index (χ4v) is 4.17. The van der Waals surface area contributed by atoms with Gasteiger partial charge in [0.15, 0.2) is 8.32 Å². The van der Waals surface area contributed by atoms with Crippen molar-refractivity contribution < 1.29 is 9.22 Å². The maximum absolute atomic E-state index is 10.8. The van der Waals surface area contributed by atoms with E-state index in [2.05, 4.69) is 51.0 Å². The molecule has 0 amide bonds. The van der Waals surface area contributed by atoms with Crippen LogP contribution in [-0.4, -0.2) is 19.9 Å². The van der Waals surface area contributed by atoms with Crippen LogP contribution in [0, 0.1) is 0 Å². The molecule has 0 heterocycles. The smallest absolute Gasteiger partial charge is 0.235 e. The van der Waals surface area contributed by atoms with Gasteiger partial charge in [0.1, 0.15) is 11.1 Å². The number of aliphatic imine (C=N–C) groups is 1. The summed E-state index contributed by atoms with van der Waals surface area (Å²) >= 11 is 0. The molecule has 0 bridgehead atoms. The average molecular weight is 303 g/mol. The SMILES string of the molecule is CC1(N=C=O)CC1(O[Si](C)(C)C(C)(C)C)c1ccccc1. The van der Waals surface area contributed by atoms with Gasteiger partial charge < -0.3 is 4.43 Å². The summed E-state index contributed by atoms with van der Waals surface area (Å²) < 4.78 is 6.72. The summed E-state index contributed by atoms with van der Waals surface area (Å²) in [7, 11) is -1.97. The minimum atomic E-state index is -1.97. The van der Waals surface area contributed by atoms with Crippen LogP contribution in [0.3, 0.4) is 0 Å². The fraction of sp³-hybridized carbons (Fsp3) is 0.588. The van der Waals surface area contributed by atoms with Gasteiger partial charge in [-0.2, -0.15) is 4.99 Å². The van der Waals surface area contributed by atoms with Gasteiger partial charge in [-0.25, -0.2) is 4.79 Å². The lowest BCUT2D eigenvalue weighted by atomic mass is 10.0. The molecule has 0 aliphatic heterocycles. The largest absolute Gasteiger partial charge is 0.405 e. The molecule has 1 aliphatic carbocycles. The predicted molar refractivity (Wildman–Crippen MR) is 87.5 cm³/mol. The van der Waals surface area contributed by atoms with E-state index in [9.17, 15) is 4.79 Å². The van der Waals surface area contributed by atoms with Crippen LogP contribution in [0.5, 0.6) is 0 Å². The van der Waals surface area contributed by atoms with Crippen molar-refractivity contribution in [1.29, 1.82) is 0 Å². The van der Waals surface area contributed by atoms with E-state index in [4.69, 9.17) is 4.43 Å². The molecule has 4 heteroatoms. The quantitative estimate of drug-likeness (QED) is 0.470. The summed E-state index contributed by atoms with van der Waals surface area (Å²) in [5.41, 5.74) is 0.136. The summed E-state index contributed by atoms with van der Waals surface area (Å²) in [6.07, 6.45) is 2.47. The van der Waals surface area contributed by atoms with Crippen molar-refractivity contribution >= 4 is 14.4 Å². The van der Waals surface area contributed by atoms with Crippen LogP contribution in [0.4, 0.5) is 0 Å². The second-order valence-corrected chi connectivity index (χ2v) is 12.4. The molecule has 114 valence electrons. The third kappa shape index (κ3) is 2.64. The molecule has 0 saturated heterocycles. The first kappa shape index (κ1) is 16.2. The lowest BCUT2D eigenvalue weighted by Crippen LogP contribution is -2.46. The number of isocyanates is 1. The van der Waals surface area contributed by atoms with E-state index in [0.29, 0.717) is 0 Å². The number of nitrogens with zero attached hydrogens (tertiary/aromatic N) is 1. The number of hydrogen-bond donors (Lipinski definition) is 0. The molecule has 21 heavy (non-hydrogen) atoms. The molecule has 2 atom stereocenters. The number of carbonyl (C=O) groups excluding carboxylic acids is 1.